The molecule has 1 heterocycles. The van der Waals surface area contributed by atoms with E-state index < -0.39 is 11.9 Å². The first-order chi connectivity index (χ1) is 11.1. The van der Waals surface area contributed by atoms with Crippen molar-refractivity contribution >= 4 is 22.6 Å². The van der Waals surface area contributed by atoms with Gasteiger partial charge in [-0.2, -0.15) is 0 Å². The zero-order valence-electron chi connectivity index (χ0n) is 13.1. The summed E-state index contributed by atoms with van der Waals surface area (Å²) in [4.78, 5) is 25.1. The first-order valence-corrected chi connectivity index (χ1v) is 8.12. The Balaban J connectivity index is 1.60. The normalized spacial score (nSPS) is 18.1. The zero-order valence-corrected chi connectivity index (χ0v) is 13.1. The van der Waals surface area contributed by atoms with E-state index in [1.54, 1.807) is 4.90 Å². The molecule has 1 amide bonds. The van der Waals surface area contributed by atoms with Crippen molar-refractivity contribution in [2.24, 2.45) is 5.92 Å². The van der Waals surface area contributed by atoms with Gasteiger partial charge in [0.1, 0.15) is 0 Å². The van der Waals surface area contributed by atoms with Gasteiger partial charge in [0.15, 0.2) is 0 Å². The van der Waals surface area contributed by atoms with Crippen LogP contribution in [-0.4, -0.2) is 35.0 Å². The number of carboxylic acids is 1. The topological polar surface area (TPSA) is 57.6 Å². The van der Waals surface area contributed by atoms with Gasteiger partial charge in [-0.1, -0.05) is 42.5 Å². The van der Waals surface area contributed by atoms with Crippen molar-refractivity contribution in [2.75, 3.05) is 13.1 Å². The highest BCUT2D eigenvalue weighted by molar-refractivity contribution is 5.83. The summed E-state index contributed by atoms with van der Waals surface area (Å²) < 4.78 is 0. The van der Waals surface area contributed by atoms with Crippen LogP contribution in [0, 0.1) is 5.92 Å². The number of nitrogens with zero attached hydrogens (tertiary/aromatic N) is 1. The quantitative estimate of drug-likeness (QED) is 0.944. The van der Waals surface area contributed by atoms with Gasteiger partial charge in [-0.05, 0) is 35.6 Å². The molecule has 1 N–H and O–H groups in total. The van der Waals surface area contributed by atoms with Gasteiger partial charge in [-0.25, -0.2) is 0 Å². The summed E-state index contributed by atoms with van der Waals surface area (Å²) in [5.74, 6) is -1.14. The van der Waals surface area contributed by atoms with E-state index in [1.807, 2.05) is 12.1 Å². The van der Waals surface area contributed by atoms with E-state index >= 15 is 0 Å². The van der Waals surface area contributed by atoms with Crippen molar-refractivity contribution in [3.05, 3.63) is 48.0 Å². The van der Waals surface area contributed by atoms with Gasteiger partial charge in [0.2, 0.25) is 5.91 Å². The largest absolute Gasteiger partial charge is 0.481 e. The molecule has 23 heavy (non-hydrogen) atoms. The lowest BCUT2D eigenvalue weighted by Crippen LogP contribution is -2.42. The van der Waals surface area contributed by atoms with Crippen LogP contribution < -0.4 is 0 Å². The Kier molecular flexibility index (Phi) is 4.60. The lowest BCUT2D eigenvalue weighted by atomic mass is 9.97. The van der Waals surface area contributed by atoms with Crippen LogP contribution in [0.4, 0.5) is 0 Å². The highest BCUT2D eigenvalue weighted by atomic mass is 16.4. The van der Waals surface area contributed by atoms with E-state index in [2.05, 4.69) is 30.3 Å². The van der Waals surface area contributed by atoms with Gasteiger partial charge in [-0.15, -0.1) is 0 Å². The van der Waals surface area contributed by atoms with Crippen molar-refractivity contribution in [2.45, 2.75) is 25.7 Å². The SMILES string of the molecule is O=C(O)[C@H]1CCCN(C(=O)CCc2ccc3ccccc3c2)C1. The van der Waals surface area contributed by atoms with Gasteiger partial charge in [0.05, 0.1) is 5.92 Å². The molecule has 0 aromatic heterocycles. The maximum absolute atomic E-state index is 12.3. The molecule has 1 atom stereocenters. The van der Waals surface area contributed by atoms with Crippen molar-refractivity contribution in [3.8, 4) is 0 Å². The third kappa shape index (κ3) is 3.70. The van der Waals surface area contributed by atoms with Crippen LogP contribution in [0.1, 0.15) is 24.8 Å². The molecule has 0 radical (unpaired) electrons. The van der Waals surface area contributed by atoms with Crippen LogP contribution in [0.5, 0.6) is 0 Å². The Hall–Kier alpha value is -2.36. The second-order valence-electron chi connectivity index (χ2n) is 6.20. The average Bonchev–Trinajstić information content (AvgIpc) is 2.59. The number of piperidine rings is 1. The lowest BCUT2D eigenvalue weighted by Gasteiger charge is -2.30. The number of likely N-dealkylation sites (tertiary alicyclic amines) is 1. The molecule has 1 aliphatic heterocycles. The number of amides is 1. The maximum atomic E-state index is 12.3. The molecular formula is C19H21NO3. The number of hydrogen-bond acceptors (Lipinski definition) is 2. The standard InChI is InChI=1S/C19H21NO3/c21-18(20-11-3-6-17(13-20)19(22)23)10-8-14-7-9-15-4-1-2-5-16(15)12-14/h1-2,4-5,7,9,12,17H,3,6,8,10-11,13H2,(H,22,23)/t17-/m0/s1. The van der Waals surface area contributed by atoms with E-state index in [9.17, 15) is 9.59 Å². The van der Waals surface area contributed by atoms with Crippen molar-refractivity contribution < 1.29 is 14.7 Å². The number of carboxylic acid groups (broad SMARTS) is 1. The first kappa shape index (κ1) is 15.5. The fraction of sp³-hybridized carbons (Fsp3) is 0.368. The van der Waals surface area contributed by atoms with Crippen LogP contribution in [0.25, 0.3) is 10.8 Å². The molecule has 4 nitrogen and oxygen atoms in total. The van der Waals surface area contributed by atoms with E-state index in [0.29, 0.717) is 32.4 Å². The van der Waals surface area contributed by atoms with Gasteiger partial charge in [0, 0.05) is 19.5 Å². The van der Waals surface area contributed by atoms with Crippen LogP contribution in [0.3, 0.4) is 0 Å². The lowest BCUT2D eigenvalue weighted by molar-refractivity contribution is -0.145. The van der Waals surface area contributed by atoms with Crippen LogP contribution in [-0.2, 0) is 16.0 Å². The maximum Gasteiger partial charge on any atom is 0.308 e. The molecule has 0 bridgehead atoms. The Morgan fingerprint density at radius 1 is 1.13 bits per heavy atom. The minimum absolute atomic E-state index is 0.0594. The number of benzene rings is 2. The smallest absolute Gasteiger partial charge is 0.308 e. The van der Waals surface area contributed by atoms with Crippen LogP contribution in [0.15, 0.2) is 42.5 Å². The molecule has 4 heteroatoms. The van der Waals surface area contributed by atoms with Crippen molar-refractivity contribution in [1.29, 1.82) is 0 Å². The Morgan fingerprint density at radius 2 is 1.91 bits per heavy atom. The van der Waals surface area contributed by atoms with E-state index in [-0.39, 0.29) is 5.91 Å². The number of hydrogen-bond donors (Lipinski definition) is 1. The van der Waals surface area contributed by atoms with Gasteiger partial charge in [0.25, 0.3) is 0 Å². The van der Waals surface area contributed by atoms with Crippen LogP contribution in [0.2, 0.25) is 0 Å². The minimum Gasteiger partial charge on any atom is -0.481 e. The summed E-state index contributed by atoms with van der Waals surface area (Å²) in [5, 5.41) is 11.5. The first-order valence-electron chi connectivity index (χ1n) is 8.12. The predicted octanol–water partition coefficient (Wildman–Crippen LogP) is 3.10. The fourth-order valence-corrected chi connectivity index (χ4v) is 3.21. The molecule has 2 aromatic rings. The number of rotatable bonds is 4. The zero-order chi connectivity index (χ0) is 16.2. The Bertz CT molecular complexity index is 725. The summed E-state index contributed by atoms with van der Waals surface area (Å²) in [6.45, 7) is 1.03. The summed E-state index contributed by atoms with van der Waals surface area (Å²) in [7, 11) is 0. The van der Waals surface area contributed by atoms with Gasteiger partial charge >= 0.3 is 5.97 Å². The van der Waals surface area contributed by atoms with Crippen LogP contribution >= 0.6 is 0 Å². The summed E-state index contributed by atoms with van der Waals surface area (Å²) in [5.41, 5.74) is 1.14. The second-order valence-corrected chi connectivity index (χ2v) is 6.20. The van der Waals surface area contributed by atoms with E-state index in [0.717, 1.165) is 12.0 Å². The number of fused-ring (bicyclic) bond motifs is 1. The Labute approximate surface area is 135 Å². The van der Waals surface area contributed by atoms with Gasteiger partial charge < -0.3 is 10.0 Å². The second kappa shape index (κ2) is 6.82. The molecule has 0 spiro atoms. The third-order valence-corrected chi connectivity index (χ3v) is 4.56. The van der Waals surface area contributed by atoms with Gasteiger partial charge in [-0.3, -0.25) is 9.59 Å². The number of aryl methyl sites for hydroxylation is 1. The number of aliphatic carboxylic acids is 1. The highest BCUT2D eigenvalue weighted by Gasteiger charge is 2.27. The van der Waals surface area contributed by atoms with Crippen molar-refractivity contribution in [3.63, 3.8) is 0 Å². The molecule has 0 aliphatic carbocycles. The third-order valence-electron chi connectivity index (χ3n) is 4.56. The predicted molar refractivity (Wildman–Crippen MR) is 89.2 cm³/mol. The molecular weight excluding hydrogens is 290 g/mol. The molecule has 1 saturated heterocycles. The summed E-state index contributed by atoms with van der Waals surface area (Å²) in [6, 6.07) is 14.4. The molecule has 0 saturated carbocycles. The molecule has 1 fully saturated rings. The summed E-state index contributed by atoms with van der Waals surface area (Å²) in [6.07, 6.45) is 2.57. The Morgan fingerprint density at radius 3 is 2.70 bits per heavy atom. The molecule has 2 aromatic carbocycles. The summed E-state index contributed by atoms with van der Waals surface area (Å²) >= 11 is 0. The van der Waals surface area contributed by atoms with Crippen molar-refractivity contribution in [1.82, 2.24) is 4.90 Å². The van der Waals surface area contributed by atoms with E-state index in [4.69, 9.17) is 5.11 Å². The number of carbonyl (C=O) groups is 2. The fourth-order valence-electron chi connectivity index (χ4n) is 3.21. The number of carbonyl (C=O) groups excluding carboxylic acids is 1. The van der Waals surface area contributed by atoms with E-state index in [1.165, 1.54) is 10.8 Å². The average molecular weight is 311 g/mol. The minimum atomic E-state index is -0.794. The monoisotopic (exact) mass is 311 g/mol. The molecule has 3 rings (SSSR count). The highest BCUT2D eigenvalue weighted by Crippen LogP contribution is 2.19. The molecule has 0 unspecified atom stereocenters. The molecule has 120 valence electrons. The molecule has 1 aliphatic rings.